The highest BCUT2D eigenvalue weighted by Crippen LogP contribution is 2.25. The van der Waals surface area contributed by atoms with Crippen molar-refractivity contribution < 1.29 is 5.11 Å². The fourth-order valence-electron chi connectivity index (χ4n) is 2.20. The molecule has 0 spiro atoms. The van der Waals surface area contributed by atoms with Crippen molar-refractivity contribution in [2.75, 3.05) is 32.8 Å². The van der Waals surface area contributed by atoms with Gasteiger partial charge in [-0.2, -0.15) is 0 Å². The van der Waals surface area contributed by atoms with E-state index >= 15 is 0 Å². The van der Waals surface area contributed by atoms with E-state index in [1.807, 2.05) is 0 Å². The van der Waals surface area contributed by atoms with E-state index in [0.29, 0.717) is 6.61 Å². The van der Waals surface area contributed by atoms with Gasteiger partial charge in [-0.15, -0.1) is 0 Å². The molecule has 0 aromatic heterocycles. The SMILES string of the molecule is C=C(CNCCC)CN(CCCO)C1CCC1. The molecule has 0 heterocycles. The van der Waals surface area contributed by atoms with E-state index in [0.717, 1.165) is 38.6 Å². The standard InChI is InChI=1S/C14H28N2O/c1-3-8-15-11-13(2)12-16(9-5-10-17)14-6-4-7-14/h14-15,17H,2-12H2,1H3. The maximum Gasteiger partial charge on any atom is 0.0443 e. The first-order chi connectivity index (χ1) is 8.27. The van der Waals surface area contributed by atoms with E-state index < -0.39 is 0 Å². The number of rotatable bonds is 10. The molecule has 0 saturated heterocycles. The summed E-state index contributed by atoms with van der Waals surface area (Å²) < 4.78 is 0. The second-order valence-corrected chi connectivity index (χ2v) is 5.06. The Hall–Kier alpha value is -0.380. The van der Waals surface area contributed by atoms with Crippen LogP contribution in [-0.4, -0.2) is 48.8 Å². The third kappa shape index (κ3) is 5.66. The summed E-state index contributed by atoms with van der Waals surface area (Å²) in [5, 5.41) is 12.3. The minimum absolute atomic E-state index is 0.295. The number of nitrogens with zero attached hydrogens (tertiary/aromatic N) is 1. The first-order valence-corrected chi connectivity index (χ1v) is 7.00. The van der Waals surface area contributed by atoms with Crippen LogP contribution >= 0.6 is 0 Å². The van der Waals surface area contributed by atoms with Crippen LogP contribution in [0.1, 0.15) is 39.0 Å². The number of aliphatic hydroxyl groups excluding tert-OH is 1. The van der Waals surface area contributed by atoms with Crippen LogP contribution in [0.25, 0.3) is 0 Å². The second-order valence-electron chi connectivity index (χ2n) is 5.06. The zero-order chi connectivity index (χ0) is 12.5. The monoisotopic (exact) mass is 240 g/mol. The largest absolute Gasteiger partial charge is 0.396 e. The highest BCUT2D eigenvalue weighted by Gasteiger charge is 2.24. The molecule has 100 valence electrons. The predicted octanol–water partition coefficient (Wildman–Crippen LogP) is 1.78. The Morgan fingerprint density at radius 1 is 1.47 bits per heavy atom. The summed E-state index contributed by atoms with van der Waals surface area (Å²) in [6, 6.07) is 0.740. The molecule has 0 bridgehead atoms. The van der Waals surface area contributed by atoms with E-state index in [1.54, 1.807) is 0 Å². The van der Waals surface area contributed by atoms with Crippen LogP contribution in [0.4, 0.5) is 0 Å². The number of hydrogen-bond acceptors (Lipinski definition) is 3. The number of aliphatic hydroxyl groups is 1. The molecule has 0 amide bonds. The molecule has 17 heavy (non-hydrogen) atoms. The Morgan fingerprint density at radius 2 is 2.24 bits per heavy atom. The molecule has 0 aromatic carbocycles. The first-order valence-electron chi connectivity index (χ1n) is 7.00. The van der Waals surface area contributed by atoms with Crippen LogP contribution in [0.15, 0.2) is 12.2 Å². The predicted molar refractivity (Wildman–Crippen MR) is 73.2 cm³/mol. The van der Waals surface area contributed by atoms with E-state index in [2.05, 4.69) is 23.7 Å². The molecule has 0 atom stereocenters. The van der Waals surface area contributed by atoms with E-state index in [9.17, 15) is 0 Å². The van der Waals surface area contributed by atoms with E-state index in [-0.39, 0.29) is 0 Å². The summed E-state index contributed by atoms with van der Waals surface area (Å²) in [6.45, 7) is 10.6. The van der Waals surface area contributed by atoms with Gasteiger partial charge in [0.25, 0.3) is 0 Å². The van der Waals surface area contributed by atoms with Gasteiger partial charge in [0, 0.05) is 32.3 Å². The minimum atomic E-state index is 0.295. The fraction of sp³-hybridized carbons (Fsp3) is 0.857. The normalized spacial score (nSPS) is 16.2. The van der Waals surface area contributed by atoms with Gasteiger partial charge in [0.05, 0.1) is 0 Å². The lowest BCUT2D eigenvalue weighted by Gasteiger charge is -2.38. The van der Waals surface area contributed by atoms with Crippen molar-refractivity contribution in [3.63, 3.8) is 0 Å². The fourth-order valence-corrected chi connectivity index (χ4v) is 2.20. The molecular formula is C14H28N2O. The van der Waals surface area contributed by atoms with Crippen molar-refractivity contribution >= 4 is 0 Å². The van der Waals surface area contributed by atoms with Gasteiger partial charge in [0.2, 0.25) is 0 Å². The van der Waals surface area contributed by atoms with Gasteiger partial charge >= 0.3 is 0 Å². The molecule has 3 heteroatoms. The van der Waals surface area contributed by atoms with Gasteiger partial charge in [0.1, 0.15) is 0 Å². The molecule has 1 aliphatic rings. The van der Waals surface area contributed by atoms with E-state index in [4.69, 9.17) is 5.11 Å². The smallest absolute Gasteiger partial charge is 0.0443 e. The van der Waals surface area contributed by atoms with Crippen molar-refractivity contribution in [2.45, 2.75) is 45.1 Å². The van der Waals surface area contributed by atoms with Gasteiger partial charge in [-0.05, 0) is 37.8 Å². The highest BCUT2D eigenvalue weighted by atomic mass is 16.3. The lowest BCUT2D eigenvalue weighted by atomic mass is 9.91. The van der Waals surface area contributed by atoms with Crippen molar-refractivity contribution in [2.24, 2.45) is 0 Å². The molecule has 2 N–H and O–H groups in total. The average molecular weight is 240 g/mol. The molecule has 0 aromatic rings. The van der Waals surface area contributed by atoms with Gasteiger partial charge in [-0.1, -0.05) is 19.9 Å². The average Bonchev–Trinajstić information content (AvgIpc) is 2.23. The second kappa shape index (κ2) is 8.67. The zero-order valence-corrected chi connectivity index (χ0v) is 11.2. The molecule has 1 saturated carbocycles. The Bertz CT molecular complexity index is 214. The van der Waals surface area contributed by atoms with Crippen LogP contribution in [0, 0.1) is 0 Å². The molecule has 0 aliphatic heterocycles. The molecular weight excluding hydrogens is 212 g/mol. The highest BCUT2D eigenvalue weighted by molar-refractivity contribution is 5.01. The van der Waals surface area contributed by atoms with Crippen LogP contribution in [0.5, 0.6) is 0 Å². The van der Waals surface area contributed by atoms with Crippen molar-refractivity contribution in [3.8, 4) is 0 Å². The lowest BCUT2D eigenvalue weighted by molar-refractivity contribution is 0.126. The Morgan fingerprint density at radius 3 is 2.76 bits per heavy atom. The Kier molecular flexibility index (Phi) is 7.49. The summed E-state index contributed by atoms with van der Waals surface area (Å²) in [6.07, 6.45) is 6.05. The van der Waals surface area contributed by atoms with Crippen molar-refractivity contribution in [1.29, 1.82) is 0 Å². The molecule has 3 nitrogen and oxygen atoms in total. The summed E-state index contributed by atoms with van der Waals surface area (Å²) >= 11 is 0. The summed E-state index contributed by atoms with van der Waals surface area (Å²) in [5.74, 6) is 0. The first kappa shape index (κ1) is 14.7. The minimum Gasteiger partial charge on any atom is -0.396 e. The molecule has 1 aliphatic carbocycles. The summed E-state index contributed by atoms with van der Waals surface area (Å²) in [4.78, 5) is 2.50. The quantitative estimate of drug-likeness (QED) is 0.451. The van der Waals surface area contributed by atoms with Gasteiger partial charge in [-0.3, -0.25) is 4.90 Å². The topological polar surface area (TPSA) is 35.5 Å². The van der Waals surface area contributed by atoms with Gasteiger partial charge in [0.15, 0.2) is 0 Å². The van der Waals surface area contributed by atoms with Crippen LogP contribution in [-0.2, 0) is 0 Å². The third-order valence-electron chi connectivity index (χ3n) is 3.42. The maximum absolute atomic E-state index is 8.93. The molecule has 0 unspecified atom stereocenters. The van der Waals surface area contributed by atoms with Crippen LogP contribution < -0.4 is 5.32 Å². The van der Waals surface area contributed by atoms with Crippen LogP contribution in [0.3, 0.4) is 0 Å². The molecule has 1 fully saturated rings. The number of hydrogen-bond donors (Lipinski definition) is 2. The summed E-state index contributed by atoms with van der Waals surface area (Å²) in [5.41, 5.74) is 1.27. The van der Waals surface area contributed by atoms with Crippen molar-refractivity contribution in [3.05, 3.63) is 12.2 Å². The maximum atomic E-state index is 8.93. The zero-order valence-electron chi connectivity index (χ0n) is 11.2. The Labute approximate surface area is 106 Å². The van der Waals surface area contributed by atoms with E-state index in [1.165, 1.54) is 31.3 Å². The van der Waals surface area contributed by atoms with Crippen molar-refractivity contribution in [1.82, 2.24) is 10.2 Å². The van der Waals surface area contributed by atoms with Gasteiger partial charge in [-0.25, -0.2) is 0 Å². The number of nitrogens with one attached hydrogen (secondary N) is 1. The van der Waals surface area contributed by atoms with Crippen LogP contribution in [0.2, 0.25) is 0 Å². The lowest BCUT2D eigenvalue weighted by Crippen LogP contribution is -2.42. The third-order valence-corrected chi connectivity index (χ3v) is 3.42. The Balaban J connectivity index is 2.23. The molecule has 0 radical (unpaired) electrons. The molecule has 1 rings (SSSR count). The van der Waals surface area contributed by atoms with Gasteiger partial charge < -0.3 is 10.4 Å². The summed E-state index contributed by atoms with van der Waals surface area (Å²) in [7, 11) is 0.